The van der Waals surface area contributed by atoms with E-state index in [0.29, 0.717) is 17.7 Å². The van der Waals surface area contributed by atoms with E-state index in [9.17, 15) is 13.2 Å². The molecule has 2 fully saturated rings. The van der Waals surface area contributed by atoms with E-state index in [1.165, 1.54) is 29.1 Å². The maximum Gasteiger partial charge on any atom is 0.406 e. The second-order valence-electron chi connectivity index (χ2n) is 5.24. The van der Waals surface area contributed by atoms with E-state index >= 15 is 0 Å². The summed E-state index contributed by atoms with van der Waals surface area (Å²) in [6.07, 6.45) is 1.61. The molecule has 19 heavy (non-hydrogen) atoms. The average Bonchev–Trinajstić information content (AvgIpc) is 3.22. The Morgan fingerprint density at radius 2 is 2.05 bits per heavy atom. The van der Waals surface area contributed by atoms with E-state index < -0.39 is 12.7 Å². The maximum atomic E-state index is 12.6. The van der Waals surface area contributed by atoms with Crippen molar-refractivity contribution in [3.63, 3.8) is 0 Å². The largest absolute Gasteiger partial charge is 0.406 e. The molecule has 0 bridgehead atoms. The first kappa shape index (κ1) is 13.2. The van der Waals surface area contributed by atoms with Gasteiger partial charge in [-0.05, 0) is 25.7 Å². The lowest BCUT2D eigenvalue weighted by Crippen LogP contribution is -2.35. The number of hydrogen-bond acceptors (Lipinski definition) is 4. The van der Waals surface area contributed by atoms with Crippen molar-refractivity contribution in [1.29, 1.82) is 0 Å². The average molecular weight is 291 g/mol. The summed E-state index contributed by atoms with van der Waals surface area (Å²) in [5, 5.41) is 3.85. The Labute approximate surface area is 113 Å². The molecule has 0 aliphatic heterocycles. The topological polar surface area (TPSA) is 28.2 Å². The first-order chi connectivity index (χ1) is 9.01. The lowest BCUT2D eigenvalue weighted by molar-refractivity contribution is -0.120. The minimum atomic E-state index is -4.17. The van der Waals surface area contributed by atoms with Gasteiger partial charge in [0.1, 0.15) is 6.54 Å². The Hall–Kier alpha value is -0.820. The predicted molar refractivity (Wildman–Crippen MR) is 68.4 cm³/mol. The fraction of sp³-hybridized carbons (Fsp3) is 0.750. The highest BCUT2D eigenvalue weighted by molar-refractivity contribution is 7.15. The van der Waals surface area contributed by atoms with E-state index in [-0.39, 0.29) is 6.04 Å². The highest BCUT2D eigenvalue weighted by Crippen LogP contribution is 2.36. The van der Waals surface area contributed by atoms with Crippen LogP contribution in [-0.2, 0) is 6.54 Å². The zero-order chi connectivity index (χ0) is 13.5. The van der Waals surface area contributed by atoms with Crippen LogP contribution < -0.4 is 10.2 Å². The number of thiazole rings is 1. The number of nitrogens with one attached hydrogen (secondary N) is 1. The van der Waals surface area contributed by atoms with Crippen LogP contribution in [0.15, 0.2) is 6.20 Å². The Kier molecular flexibility index (Phi) is 3.42. The van der Waals surface area contributed by atoms with Crippen molar-refractivity contribution >= 4 is 16.5 Å². The minimum absolute atomic E-state index is 0.0250. The Bertz CT molecular complexity index is 438. The fourth-order valence-electron chi connectivity index (χ4n) is 1.98. The van der Waals surface area contributed by atoms with Gasteiger partial charge < -0.3 is 10.2 Å². The first-order valence-electron chi connectivity index (χ1n) is 6.53. The maximum absolute atomic E-state index is 12.6. The van der Waals surface area contributed by atoms with Crippen molar-refractivity contribution in [3.8, 4) is 0 Å². The molecule has 1 heterocycles. The Morgan fingerprint density at radius 3 is 2.63 bits per heavy atom. The van der Waals surface area contributed by atoms with Crippen molar-refractivity contribution in [2.75, 3.05) is 11.4 Å². The Balaban J connectivity index is 1.64. The van der Waals surface area contributed by atoms with E-state index in [0.717, 1.165) is 17.7 Å². The summed E-state index contributed by atoms with van der Waals surface area (Å²) in [4.78, 5) is 6.58. The number of aromatic nitrogens is 1. The molecule has 106 valence electrons. The van der Waals surface area contributed by atoms with Gasteiger partial charge in [-0.25, -0.2) is 4.98 Å². The molecule has 3 nitrogen and oxygen atoms in total. The molecule has 3 rings (SSSR count). The van der Waals surface area contributed by atoms with Gasteiger partial charge in [-0.15, -0.1) is 11.3 Å². The molecule has 1 aromatic heterocycles. The number of alkyl halides is 3. The molecule has 1 N–H and O–H groups in total. The number of halogens is 3. The molecule has 0 aromatic carbocycles. The SMILES string of the molecule is FC(F)(F)CN(c1ncc(CNC2CC2)s1)C1CC1. The zero-order valence-corrected chi connectivity index (χ0v) is 11.2. The summed E-state index contributed by atoms with van der Waals surface area (Å²) in [6, 6.07) is 0.622. The van der Waals surface area contributed by atoms with Crippen LogP contribution in [0.25, 0.3) is 0 Å². The van der Waals surface area contributed by atoms with Crippen molar-refractivity contribution < 1.29 is 13.2 Å². The molecular weight excluding hydrogens is 275 g/mol. The minimum Gasteiger partial charge on any atom is -0.336 e. The van der Waals surface area contributed by atoms with Crippen molar-refractivity contribution in [2.24, 2.45) is 0 Å². The molecule has 7 heteroatoms. The van der Waals surface area contributed by atoms with Gasteiger partial charge in [-0.3, -0.25) is 0 Å². The van der Waals surface area contributed by atoms with Crippen molar-refractivity contribution in [2.45, 2.75) is 50.5 Å². The third kappa shape index (κ3) is 3.82. The van der Waals surface area contributed by atoms with Crippen molar-refractivity contribution in [3.05, 3.63) is 11.1 Å². The second kappa shape index (κ2) is 4.94. The monoisotopic (exact) mass is 291 g/mol. The molecular formula is C12H16F3N3S. The van der Waals surface area contributed by atoms with Gasteiger partial charge in [0, 0.05) is 29.7 Å². The van der Waals surface area contributed by atoms with Gasteiger partial charge in [0.2, 0.25) is 0 Å². The van der Waals surface area contributed by atoms with Gasteiger partial charge in [-0.2, -0.15) is 13.2 Å². The molecule has 0 unspecified atom stereocenters. The van der Waals surface area contributed by atoms with Crippen LogP contribution in [0.2, 0.25) is 0 Å². The summed E-state index contributed by atoms with van der Waals surface area (Å²) < 4.78 is 37.7. The third-order valence-electron chi connectivity index (χ3n) is 3.27. The highest BCUT2D eigenvalue weighted by atomic mass is 32.1. The molecule has 0 saturated heterocycles. The molecule has 2 saturated carbocycles. The molecule has 1 aromatic rings. The van der Waals surface area contributed by atoms with E-state index in [2.05, 4.69) is 10.3 Å². The van der Waals surface area contributed by atoms with Crippen molar-refractivity contribution in [1.82, 2.24) is 10.3 Å². The molecule has 0 radical (unpaired) electrons. The summed E-state index contributed by atoms with van der Waals surface area (Å²) >= 11 is 1.37. The lowest BCUT2D eigenvalue weighted by Gasteiger charge is -2.22. The molecule has 0 atom stereocenters. The lowest BCUT2D eigenvalue weighted by atomic mass is 10.5. The predicted octanol–water partition coefficient (Wildman–Crippen LogP) is 2.93. The third-order valence-corrected chi connectivity index (χ3v) is 4.30. The zero-order valence-electron chi connectivity index (χ0n) is 10.4. The van der Waals surface area contributed by atoms with Crippen LogP contribution in [0.3, 0.4) is 0 Å². The summed E-state index contributed by atoms with van der Waals surface area (Å²) in [5.74, 6) is 0. The number of anilines is 1. The quantitative estimate of drug-likeness (QED) is 0.873. The number of nitrogens with zero attached hydrogens (tertiary/aromatic N) is 2. The van der Waals surface area contributed by atoms with Crippen LogP contribution in [0.1, 0.15) is 30.6 Å². The summed E-state index contributed by atoms with van der Waals surface area (Å²) in [7, 11) is 0. The fourth-order valence-corrected chi connectivity index (χ4v) is 2.91. The van der Waals surface area contributed by atoms with Crippen LogP contribution in [0.4, 0.5) is 18.3 Å². The second-order valence-corrected chi connectivity index (χ2v) is 6.33. The van der Waals surface area contributed by atoms with Crippen LogP contribution in [-0.4, -0.2) is 29.8 Å². The summed E-state index contributed by atoms with van der Waals surface area (Å²) in [6.45, 7) is -0.173. The molecule has 2 aliphatic rings. The van der Waals surface area contributed by atoms with Gasteiger partial charge in [-0.1, -0.05) is 0 Å². The number of rotatable bonds is 6. The van der Waals surface area contributed by atoms with Gasteiger partial charge in [0.25, 0.3) is 0 Å². The van der Waals surface area contributed by atoms with Gasteiger partial charge in [0.15, 0.2) is 5.13 Å². The number of hydrogen-bond donors (Lipinski definition) is 1. The molecule has 2 aliphatic carbocycles. The summed E-state index contributed by atoms with van der Waals surface area (Å²) in [5.41, 5.74) is 0. The standard InChI is InChI=1S/C12H16F3N3S/c13-12(14,15)7-18(9-3-4-9)11-17-6-10(19-11)5-16-8-1-2-8/h6,8-9,16H,1-5,7H2. The normalized spacial score (nSPS) is 19.7. The van der Waals surface area contributed by atoms with E-state index in [1.54, 1.807) is 6.20 Å². The first-order valence-corrected chi connectivity index (χ1v) is 7.34. The molecule has 0 amide bonds. The van der Waals surface area contributed by atoms with Gasteiger partial charge >= 0.3 is 6.18 Å². The van der Waals surface area contributed by atoms with Crippen LogP contribution in [0, 0.1) is 0 Å². The van der Waals surface area contributed by atoms with Crippen LogP contribution in [0.5, 0.6) is 0 Å². The Morgan fingerprint density at radius 1 is 1.32 bits per heavy atom. The molecule has 0 spiro atoms. The van der Waals surface area contributed by atoms with Gasteiger partial charge in [0.05, 0.1) is 0 Å². The van der Waals surface area contributed by atoms with E-state index in [4.69, 9.17) is 0 Å². The van der Waals surface area contributed by atoms with Crippen LogP contribution >= 0.6 is 11.3 Å². The van der Waals surface area contributed by atoms with E-state index in [1.807, 2.05) is 0 Å². The highest BCUT2D eigenvalue weighted by Gasteiger charge is 2.39. The smallest absolute Gasteiger partial charge is 0.336 e.